The van der Waals surface area contributed by atoms with E-state index in [0.29, 0.717) is 12.5 Å². The maximum absolute atomic E-state index is 12.0. The molecular weight excluding hydrogens is 278 g/mol. The topological polar surface area (TPSA) is 58.4 Å². The van der Waals surface area contributed by atoms with Gasteiger partial charge in [-0.05, 0) is 25.3 Å². The van der Waals surface area contributed by atoms with Crippen molar-refractivity contribution in [1.82, 2.24) is 14.7 Å². The first kappa shape index (κ1) is 15.7. The van der Waals surface area contributed by atoms with Gasteiger partial charge < -0.3 is 5.11 Å². The van der Waals surface area contributed by atoms with E-state index in [2.05, 4.69) is 30.8 Å². The second-order valence-electron chi connectivity index (χ2n) is 8.13. The maximum Gasteiger partial charge on any atom is 0.266 e. The minimum Gasteiger partial charge on any atom is -0.389 e. The zero-order chi connectivity index (χ0) is 16.0. The van der Waals surface area contributed by atoms with Gasteiger partial charge in [0.1, 0.15) is 0 Å². The van der Waals surface area contributed by atoms with Crippen molar-refractivity contribution in [2.24, 2.45) is 5.92 Å². The number of hydrogen-bond donors (Lipinski definition) is 1. The lowest BCUT2D eigenvalue weighted by molar-refractivity contribution is -0.0819. The summed E-state index contributed by atoms with van der Waals surface area (Å²) < 4.78 is 1.61. The monoisotopic (exact) mass is 305 g/mol. The number of hydrogen-bond acceptors (Lipinski definition) is 4. The van der Waals surface area contributed by atoms with Crippen LogP contribution in [0.5, 0.6) is 0 Å². The molecule has 0 atom stereocenters. The summed E-state index contributed by atoms with van der Waals surface area (Å²) in [6.45, 7) is 9.69. The summed E-state index contributed by atoms with van der Waals surface area (Å²) in [7, 11) is 0. The molecule has 1 saturated carbocycles. The number of aliphatic hydroxyl groups is 1. The smallest absolute Gasteiger partial charge is 0.266 e. The molecule has 1 N–H and O–H groups in total. The van der Waals surface area contributed by atoms with Gasteiger partial charge in [0, 0.05) is 37.0 Å². The van der Waals surface area contributed by atoms with Crippen molar-refractivity contribution in [2.75, 3.05) is 19.6 Å². The Kier molecular flexibility index (Phi) is 3.89. The third-order valence-electron chi connectivity index (χ3n) is 4.90. The molecule has 1 aromatic rings. The summed E-state index contributed by atoms with van der Waals surface area (Å²) in [5.74, 6) is 0.462. The van der Waals surface area contributed by atoms with E-state index >= 15 is 0 Å². The van der Waals surface area contributed by atoms with Gasteiger partial charge >= 0.3 is 0 Å². The number of nitrogens with zero attached hydrogens (tertiary/aromatic N) is 3. The van der Waals surface area contributed by atoms with Crippen LogP contribution in [0.1, 0.15) is 45.7 Å². The Labute approximate surface area is 131 Å². The molecule has 22 heavy (non-hydrogen) atoms. The fourth-order valence-corrected chi connectivity index (χ4v) is 3.30. The molecule has 5 nitrogen and oxygen atoms in total. The summed E-state index contributed by atoms with van der Waals surface area (Å²) in [4.78, 5) is 14.3. The molecule has 0 bridgehead atoms. The first-order chi connectivity index (χ1) is 10.3. The molecule has 0 radical (unpaired) electrons. The van der Waals surface area contributed by atoms with Gasteiger partial charge in [-0.25, -0.2) is 4.68 Å². The highest BCUT2D eigenvalue weighted by atomic mass is 16.3. The molecule has 0 amide bonds. The molecule has 2 fully saturated rings. The van der Waals surface area contributed by atoms with Crippen molar-refractivity contribution in [3.8, 4) is 0 Å². The van der Waals surface area contributed by atoms with E-state index in [-0.39, 0.29) is 11.0 Å². The van der Waals surface area contributed by atoms with Crippen LogP contribution in [-0.2, 0) is 12.0 Å². The van der Waals surface area contributed by atoms with E-state index in [4.69, 9.17) is 0 Å². The molecule has 0 aromatic carbocycles. The Morgan fingerprint density at radius 2 is 2.00 bits per heavy atom. The zero-order valence-corrected chi connectivity index (χ0v) is 13.9. The van der Waals surface area contributed by atoms with Gasteiger partial charge in [0.2, 0.25) is 0 Å². The van der Waals surface area contributed by atoms with Crippen LogP contribution < -0.4 is 5.56 Å². The maximum atomic E-state index is 12.0. The van der Waals surface area contributed by atoms with E-state index in [1.54, 1.807) is 10.7 Å². The minimum absolute atomic E-state index is 0.0240. The van der Waals surface area contributed by atoms with Crippen LogP contribution in [-0.4, -0.2) is 45.0 Å². The second-order valence-corrected chi connectivity index (χ2v) is 8.13. The predicted molar refractivity (Wildman–Crippen MR) is 85.9 cm³/mol. The van der Waals surface area contributed by atoms with E-state index in [1.807, 2.05) is 6.07 Å². The van der Waals surface area contributed by atoms with Crippen molar-refractivity contribution in [1.29, 1.82) is 0 Å². The first-order valence-electron chi connectivity index (χ1n) is 8.29. The summed E-state index contributed by atoms with van der Waals surface area (Å²) in [5.41, 5.74) is 0.442. The third kappa shape index (κ3) is 3.25. The van der Waals surface area contributed by atoms with Gasteiger partial charge in [-0.15, -0.1) is 0 Å². The molecule has 1 saturated heterocycles. The Hall–Kier alpha value is -1.20. The lowest BCUT2D eigenvalue weighted by Crippen LogP contribution is -2.57. The Bertz CT molecular complexity index is 593. The zero-order valence-electron chi connectivity index (χ0n) is 13.9. The molecule has 0 unspecified atom stereocenters. The lowest BCUT2D eigenvalue weighted by Gasteiger charge is -2.47. The van der Waals surface area contributed by atoms with Gasteiger partial charge in [-0.2, -0.15) is 5.10 Å². The van der Waals surface area contributed by atoms with Crippen molar-refractivity contribution >= 4 is 0 Å². The molecule has 5 heteroatoms. The van der Waals surface area contributed by atoms with Crippen LogP contribution in [0, 0.1) is 5.92 Å². The molecule has 2 aliphatic rings. The Morgan fingerprint density at radius 1 is 1.32 bits per heavy atom. The van der Waals surface area contributed by atoms with E-state index in [1.165, 1.54) is 0 Å². The highest BCUT2D eigenvalue weighted by Gasteiger charge is 2.39. The van der Waals surface area contributed by atoms with Gasteiger partial charge in [-0.3, -0.25) is 9.69 Å². The number of β-amino-alcohol motifs (C(OH)–C–C–N with tert-alkyl or cyclic N) is 1. The number of rotatable bonds is 4. The van der Waals surface area contributed by atoms with Crippen molar-refractivity contribution < 1.29 is 5.11 Å². The quantitative estimate of drug-likeness (QED) is 0.913. The average Bonchev–Trinajstić information content (AvgIpc) is 2.35. The average molecular weight is 305 g/mol. The van der Waals surface area contributed by atoms with Crippen molar-refractivity contribution in [3.63, 3.8) is 0 Å². The first-order valence-corrected chi connectivity index (χ1v) is 8.29. The molecule has 122 valence electrons. The summed E-state index contributed by atoms with van der Waals surface area (Å²) in [5, 5.41) is 14.7. The second kappa shape index (κ2) is 5.46. The summed E-state index contributed by atoms with van der Waals surface area (Å²) in [6, 6.07) is 3.46. The molecular formula is C17H27N3O2. The van der Waals surface area contributed by atoms with Crippen LogP contribution in [0.2, 0.25) is 0 Å². The lowest BCUT2D eigenvalue weighted by atomic mass is 9.79. The normalized spacial score (nSPS) is 22.2. The SMILES string of the molecule is CC(C)(C)c1ccc(=O)n(CC2CN(CC3(O)CCC3)C2)n1. The predicted octanol–water partition coefficient (Wildman–Crippen LogP) is 1.39. The molecule has 2 heterocycles. The minimum atomic E-state index is -0.438. The fraction of sp³-hybridized carbons (Fsp3) is 0.765. The van der Waals surface area contributed by atoms with E-state index in [0.717, 1.165) is 44.6 Å². The van der Waals surface area contributed by atoms with E-state index in [9.17, 15) is 9.90 Å². The van der Waals surface area contributed by atoms with Crippen LogP contribution >= 0.6 is 0 Å². The van der Waals surface area contributed by atoms with Gasteiger partial charge in [0.25, 0.3) is 5.56 Å². The van der Waals surface area contributed by atoms with Crippen LogP contribution in [0.15, 0.2) is 16.9 Å². The van der Waals surface area contributed by atoms with Gasteiger partial charge in [0.15, 0.2) is 0 Å². The Morgan fingerprint density at radius 3 is 2.55 bits per heavy atom. The number of likely N-dealkylation sites (tertiary alicyclic amines) is 1. The molecule has 1 aliphatic heterocycles. The highest BCUT2D eigenvalue weighted by molar-refractivity contribution is 5.10. The van der Waals surface area contributed by atoms with E-state index < -0.39 is 5.60 Å². The summed E-state index contributed by atoms with van der Waals surface area (Å²) in [6.07, 6.45) is 3.01. The molecule has 3 rings (SSSR count). The van der Waals surface area contributed by atoms with Crippen LogP contribution in [0.4, 0.5) is 0 Å². The molecule has 0 spiro atoms. The highest BCUT2D eigenvalue weighted by Crippen LogP contribution is 2.34. The molecule has 1 aromatic heterocycles. The molecule has 1 aliphatic carbocycles. The van der Waals surface area contributed by atoms with Crippen molar-refractivity contribution in [3.05, 3.63) is 28.2 Å². The van der Waals surface area contributed by atoms with Crippen LogP contribution in [0.3, 0.4) is 0 Å². The van der Waals surface area contributed by atoms with Crippen LogP contribution in [0.25, 0.3) is 0 Å². The standard InChI is InChI=1S/C17H27N3O2/c1-16(2,3)14-5-6-15(21)20(18-14)11-13-9-19(10-13)12-17(22)7-4-8-17/h5-6,13,22H,4,7-12H2,1-3H3. The van der Waals surface area contributed by atoms with Crippen molar-refractivity contribution in [2.45, 2.75) is 57.6 Å². The number of aromatic nitrogens is 2. The summed E-state index contributed by atoms with van der Waals surface area (Å²) >= 11 is 0. The largest absolute Gasteiger partial charge is 0.389 e. The van der Waals surface area contributed by atoms with Gasteiger partial charge in [-0.1, -0.05) is 20.8 Å². The van der Waals surface area contributed by atoms with Gasteiger partial charge in [0.05, 0.1) is 17.8 Å². The Balaban J connectivity index is 1.57. The third-order valence-corrected chi connectivity index (χ3v) is 4.90. The fourth-order valence-electron chi connectivity index (χ4n) is 3.30.